The molecule has 1 aliphatic carbocycles. The Kier molecular flexibility index (Phi) is 2.96. The Balaban J connectivity index is 2.41. The maximum absolute atomic E-state index is 12.4. The van der Waals surface area contributed by atoms with Crippen molar-refractivity contribution in [2.75, 3.05) is 6.61 Å². The number of aryl methyl sites for hydroxylation is 1. The molecule has 3 heteroatoms. The van der Waals surface area contributed by atoms with E-state index in [1.807, 2.05) is 19.1 Å². The van der Waals surface area contributed by atoms with Gasteiger partial charge in [-0.25, -0.2) is 0 Å². The van der Waals surface area contributed by atoms with Gasteiger partial charge in [-0.05, 0) is 56.0 Å². The summed E-state index contributed by atoms with van der Waals surface area (Å²) in [6.45, 7) is 10.4. The van der Waals surface area contributed by atoms with Crippen LogP contribution in [0.2, 0.25) is 0 Å². The van der Waals surface area contributed by atoms with Crippen molar-refractivity contribution in [3.8, 4) is 0 Å². The molecular formula is C18H20O3. The Morgan fingerprint density at radius 3 is 2.52 bits per heavy atom. The monoisotopic (exact) mass is 284 g/mol. The number of carbonyl (C=O) groups excluding carboxylic acids is 2. The first-order valence-electron chi connectivity index (χ1n) is 7.33. The highest BCUT2D eigenvalue weighted by atomic mass is 16.5. The minimum Gasteiger partial charge on any atom is -0.370 e. The molecule has 1 aliphatic heterocycles. The van der Waals surface area contributed by atoms with E-state index in [2.05, 4.69) is 20.8 Å². The first kappa shape index (κ1) is 14.2. The van der Waals surface area contributed by atoms with Gasteiger partial charge in [0.15, 0.2) is 0 Å². The van der Waals surface area contributed by atoms with Crippen LogP contribution in [0.15, 0.2) is 11.6 Å². The zero-order chi connectivity index (χ0) is 15.5. The smallest absolute Gasteiger partial charge is 0.234 e. The third-order valence-corrected chi connectivity index (χ3v) is 4.59. The second kappa shape index (κ2) is 4.38. The van der Waals surface area contributed by atoms with Crippen LogP contribution in [-0.2, 0) is 15.1 Å². The number of benzene rings is 1. The fourth-order valence-corrected chi connectivity index (χ4v) is 3.41. The number of fused-ring (bicyclic) bond motifs is 3. The van der Waals surface area contributed by atoms with Gasteiger partial charge in [0.1, 0.15) is 0 Å². The quantitative estimate of drug-likeness (QED) is 0.684. The van der Waals surface area contributed by atoms with E-state index in [4.69, 9.17) is 4.74 Å². The maximum Gasteiger partial charge on any atom is 0.234 e. The van der Waals surface area contributed by atoms with Crippen LogP contribution in [0.3, 0.4) is 0 Å². The van der Waals surface area contributed by atoms with Crippen molar-refractivity contribution >= 4 is 17.6 Å². The number of Topliss-reactive ketones (excluding diaryl/α,β-unsaturated/α-hetero) is 2. The predicted molar refractivity (Wildman–Crippen MR) is 81.6 cm³/mol. The summed E-state index contributed by atoms with van der Waals surface area (Å²) < 4.78 is 5.95. The predicted octanol–water partition coefficient (Wildman–Crippen LogP) is 3.53. The van der Waals surface area contributed by atoms with Crippen molar-refractivity contribution in [2.45, 2.75) is 46.1 Å². The Hall–Kier alpha value is -1.74. The molecule has 0 N–H and O–H groups in total. The van der Waals surface area contributed by atoms with E-state index in [1.165, 1.54) is 0 Å². The molecule has 0 fully saturated rings. The SMILES string of the molecule is CC1=Cc2c(c(C)cc3c2[C@@H](C)COC3(C)C)C(=O)C1=O. The summed E-state index contributed by atoms with van der Waals surface area (Å²) in [6.07, 6.45) is 1.88. The zero-order valence-electron chi connectivity index (χ0n) is 13.2. The number of allylic oxidation sites excluding steroid dienone is 1. The molecule has 1 aromatic carbocycles. The van der Waals surface area contributed by atoms with E-state index in [0.717, 1.165) is 22.3 Å². The molecule has 3 rings (SSSR count). The van der Waals surface area contributed by atoms with Crippen molar-refractivity contribution in [1.29, 1.82) is 0 Å². The van der Waals surface area contributed by atoms with Crippen molar-refractivity contribution in [2.24, 2.45) is 0 Å². The first-order chi connectivity index (χ1) is 9.74. The molecule has 0 spiro atoms. The number of hydrogen-bond donors (Lipinski definition) is 0. The highest BCUT2D eigenvalue weighted by Gasteiger charge is 2.37. The molecule has 2 aliphatic rings. The van der Waals surface area contributed by atoms with Crippen molar-refractivity contribution in [1.82, 2.24) is 0 Å². The van der Waals surface area contributed by atoms with Crippen molar-refractivity contribution in [3.05, 3.63) is 39.5 Å². The largest absolute Gasteiger partial charge is 0.370 e. The Bertz CT molecular complexity index is 708. The molecule has 21 heavy (non-hydrogen) atoms. The number of ether oxygens (including phenoxy) is 1. The molecule has 110 valence electrons. The van der Waals surface area contributed by atoms with E-state index in [1.54, 1.807) is 6.92 Å². The number of ketones is 2. The zero-order valence-corrected chi connectivity index (χ0v) is 13.2. The Labute approximate surface area is 125 Å². The summed E-state index contributed by atoms with van der Waals surface area (Å²) in [5, 5.41) is 0. The van der Waals surface area contributed by atoms with Gasteiger partial charge in [-0.2, -0.15) is 0 Å². The van der Waals surface area contributed by atoms with E-state index in [9.17, 15) is 9.59 Å². The molecule has 1 aromatic rings. The lowest BCUT2D eigenvalue weighted by Crippen LogP contribution is -2.34. The fraction of sp³-hybridized carbons (Fsp3) is 0.444. The third-order valence-electron chi connectivity index (χ3n) is 4.59. The van der Waals surface area contributed by atoms with Crippen LogP contribution in [0.25, 0.3) is 6.08 Å². The lowest BCUT2D eigenvalue weighted by Gasteiger charge is -2.38. The van der Waals surface area contributed by atoms with Crippen LogP contribution in [0.4, 0.5) is 0 Å². The van der Waals surface area contributed by atoms with E-state index >= 15 is 0 Å². The van der Waals surface area contributed by atoms with Gasteiger partial charge in [-0.1, -0.05) is 13.0 Å². The summed E-state index contributed by atoms with van der Waals surface area (Å²) in [5.74, 6) is -0.543. The van der Waals surface area contributed by atoms with Crippen LogP contribution in [0.5, 0.6) is 0 Å². The van der Waals surface area contributed by atoms with Crippen LogP contribution >= 0.6 is 0 Å². The van der Waals surface area contributed by atoms with Gasteiger partial charge in [0.05, 0.1) is 12.2 Å². The fourth-order valence-electron chi connectivity index (χ4n) is 3.41. The average Bonchev–Trinajstić information content (AvgIpc) is 2.40. The highest BCUT2D eigenvalue weighted by Crippen LogP contribution is 2.43. The molecule has 1 atom stereocenters. The summed E-state index contributed by atoms with van der Waals surface area (Å²) in [5.41, 5.74) is 4.81. The second-order valence-electron chi connectivity index (χ2n) is 6.65. The summed E-state index contributed by atoms with van der Waals surface area (Å²) in [7, 11) is 0. The van der Waals surface area contributed by atoms with E-state index in [0.29, 0.717) is 17.7 Å². The van der Waals surface area contributed by atoms with Gasteiger partial charge in [-0.3, -0.25) is 9.59 Å². The molecule has 0 aromatic heterocycles. The average molecular weight is 284 g/mol. The Morgan fingerprint density at radius 2 is 1.86 bits per heavy atom. The van der Waals surface area contributed by atoms with Crippen LogP contribution in [-0.4, -0.2) is 18.2 Å². The minimum absolute atomic E-state index is 0.215. The summed E-state index contributed by atoms with van der Waals surface area (Å²) in [4.78, 5) is 24.4. The molecule has 0 unspecified atom stereocenters. The number of carbonyl (C=O) groups is 2. The molecule has 0 amide bonds. The second-order valence-corrected chi connectivity index (χ2v) is 6.65. The molecule has 0 bridgehead atoms. The topological polar surface area (TPSA) is 43.4 Å². The molecule has 0 saturated heterocycles. The highest BCUT2D eigenvalue weighted by molar-refractivity contribution is 6.52. The summed E-state index contributed by atoms with van der Waals surface area (Å²) in [6, 6.07) is 2.02. The van der Waals surface area contributed by atoms with Gasteiger partial charge in [0, 0.05) is 17.1 Å². The van der Waals surface area contributed by atoms with Gasteiger partial charge >= 0.3 is 0 Å². The van der Waals surface area contributed by atoms with Crippen LogP contribution in [0, 0.1) is 6.92 Å². The van der Waals surface area contributed by atoms with Crippen molar-refractivity contribution in [3.63, 3.8) is 0 Å². The number of rotatable bonds is 0. The standard InChI is InChI=1S/C18H20O3/c1-9-7-13-14(11(3)8-21-18(13,4)5)12-6-10(2)16(19)17(20)15(9)12/h6-7,11H,8H2,1-5H3/t11-/m0/s1. The third kappa shape index (κ3) is 1.91. The molecule has 0 saturated carbocycles. The summed E-state index contributed by atoms with van der Waals surface area (Å²) >= 11 is 0. The maximum atomic E-state index is 12.4. The van der Waals surface area contributed by atoms with Crippen molar-refractivity contribution < 1.29 is 14.3 Å². The lowest BCUT2D eigenvalue weighted by atomic mass is 9.75. The number of hydrogen-bond acceptors (Lipinski definition) is 3. The van der Waals surface area contributed by atoms with Crippen LogP contribution < -0.4 is 0 Å². The van der Waals surface area contributed by atoms with Gasteiger partial charge in [0.25, 0.3) is 0 Å². The Morgan fingerprint density at radius 1 is 1.19 bits per heavy atom. The molecule has 3 nitrogen and oxygen atoms in total. The van der Waals surface area contributed by atoms with Crippen LogP contribution in [0.1, 0.15) is 66.2 Å². The van der Waals surface area contributed by atoms with E-state index in [-0.39, 0.29) is 23.1 Å². The van der Waals surface area contributed by atoms with Gasteiger partial charge < -0.3 is 4.74 Å². The minimum atomic E-state index is -0.385. The molecule has 0 radical (unpaired) electrons. The van der Waals surface area contributed by atoms with Gasteiger partial charge in [-0.15, -0.1) is 0 Å². The normalized spacial score (nSPS) is 23.5. The molecular weight excluding hydrogens is 264 g/mol. The molecule has 1 heterocycles. The van der Waals surface area contributed by atoms with Gasteiger partial charge in [0.2, 0.25) is 11.6 Å². The first-order valence-corrected chi connectivity index (χ1v) is 7.33. The van der Waals surface area contributed by atoms with E-state index < -0.39 is 0 Å². The lowest BCUT2D eigenvalue weighted by molar-refractivity contribution is -0.111.